The van der Waals surface area contributed by atoms with Crippen molar-refractivity contribution in [3.8, 4) is 0 Å². The van der Waals surface area contributed by atoms with Crippen molar-refractivity contribution in [1.29, 1.82) is 0 Å². The van der Waals surface area contributed by atoms with E-state index >= 15 is 0 Å². The zero-order valence-electron chi connectivity index (χ0n) is 12.0. The Morgan fingerprint density at radius 1 is 1.06 bits per heavy atom. The molecule has 0 spiro atoms. The standard InChI is InChI=1S/C16H30FN/c1-16(17,13-15-9-5-6-12-18-15)11-10-14-7-3-2-4-8-14/h14-15,18H,2-13H2,1H3. The second-order valence-corrected chi connectivity index (χ2v) is 6.81. The number of piperidine rings is 1. The first-order valence-electron chi connectivity index (χ1n) is 8.08. The van der Waals surface area contributed by atoms with Crippen LogP contribution in [0.1, 0.15) is 77.6 Å². The molecule has 0 aromatic carbocycles. The molecule has 1 saturated carbocycles. The summed E-state index contributed by atoms with van der Waals surface area (Å²) in [5, 5.41) is 3.47. The molecule has 2 fully saturated rings. The molecule has 2 heteroatoms. The molecule has 0 radical (unpaired) electrons. The van der Waals surface area contributed by atoms with Gasteiger partial charge in [0.1, 0.15) is 5.67 Å². The Labute approximate surface area is 112 Å². The summed E-state index contributed by atoms with van der Waals surface area (Å²) in [6.07, 6.45) is 13.1. The van der Waals surface area contributed by atoms with E-state index in [1.165, 1.54) is 51.4 Å². The first-order valence-corrected chi connectivity index (χ1v) is 8.08. The minimum absolute atomic E-state index is 0.431. The van der Waals surface area contributed by atoms with Crippen LogP contribution in [0.2, 0.25) is 0 Å². The van der Waals surface area contributed by atoms with E-state index in [4.69, 9.17) is 0 Å². The molecule has 106 valence electrons. The third kappa shape index (κ3) is 4.87. The van der Waals surface area contributed by atoms with Crippen LogP contribution < -0.4 is 5.32 Å². The molecule has 2 unspecified atom stereocenters. The van der Waals surface area contributed by atoms with E-state index < -0.39 is 5.67 Å². The molecule has 0 bridgehead atoms. The van der Waals surface area contributed by atoms with Gasteiger partial charge in [-0.1, -0.05) is 38.5 Å². The van der Waals surface area contributed by atoms with Crippen LogP contribution in [0.25, 0.3) is 0 Å². The lowest BCUT2D eigenvalue weighted by Gasteiger charge is -2.31. The molecule has 1 saturated heterocycles. The maximum Gasteiger partial charge on any atom is 0.109 e. The third-order valence-electron chi connectivity index (χ3n) is 4.88. The average molecular weight is 255 g/mol. The van der Waals surface area contributed by atoms with Gasteiger partial charge in [0.15, 0.2) is 0 Å². The van der Waals surface area contributed by atoms with E-state index in [1.807, 2.05) is 6.92 Å². The molecule has 1 aliphatic heterocycles. The lowest BCUT2D eigenvalue weighted by Crippen LogP contribution is -2.39. The molecule has 18 heavy (non-hydrogen) atoms. The zero-order chi connectivity index (χ0) is 12.8. The Morgan fingerprint density at radius 2 is 1.78 bits per heavy atom. The molecule has 2 atom stereocenters. The Bertz CT molecular complexity index is 227. The van der Waals surface area contributed by atoms with Crippen LogP contribution in [0, 0.1) is 5.92 Å². The van der Waals surface area contributed by atoms with Crippen LogP contribution in [0.4, 0.5) is 4.39 Å². The number of rotatable bonds is 5. The van der Waals surface area contributed by atoms with Gasteiger partial charge in [0, 0.05) is 6.04 Å². The Kier molecular flexibility index (Phi) is 5.47. The average Bonchev–Trinajstić information content (AvgIpc) is 2.38. The van der Waals surface area contributed by atoms with Gasteiger partial charge in [0.2, 0.25) is 0 Å². The fraction of sp³-hybridized carbons (Fsp3) is 1.00. The van der Waals surface area contributed by atoms with Crippen molar-refractivity contribution in [3.05, 3.63) is 0 Å². The van der Waals surface area contributed by atoms with Gasteiger partial charge in [0.05, 0.1) is 0 Å². The van der Waals surface area contributed by atoms with Crippen molar-refractivity contribution in [3.63, 3.8) is 0 Å². The molecule has 2 aliphatic rings. The summed E-state index contributed by atoms with van der Waals surface area (Å²) < 4.78 is 14.6. The normalized spacial score (nSPS) is 30.0. The van der Waals surface area contributed by atoms with E-state index in [-0.39, 0.29) is 0 Å². The van der Waals surface area contributed by atoms with E-state index in [0.29, 0.717) is 6.04 Å². The molecule has 1 aliphatic carbocycles. The van der Waals surface area contributed by atoms with E-state index in [0.717, 1.165) is 31.7 Å². The molecule has 2 rings (SSSR count). The Hall–Kier alpha value is -0.110. The van der Waals surface area contributed by atoms with Gasteiger partial charge in [0.25, 0.3) is 0 Å². The monoisotopic (exact) mass is 255 g/mol. The lowest BCUT2D eigenvalue weighted by molar-refractivity contribution is 0.120. The summed E-state index contributed by atoms with van der Waals surface area (Å²) in [6.45, 7) is 2.91. The van der Waals surface area contributed by atoms with Crippen molar-refractivity contribution in [2.45, 2.75) is 89.3 Å². The van der Waals surface area contributed by atoms with Crippen LogP contribution in [-0.4, -0.2) is 18.3 Å². The van der Waals surface area contributed by atoms with E-state index in [9.17, 15) is 4.39 Å². The zero-order valence-corrected chi connectivity index (χ0v) is 12.0. The number of alkyl halides is 1. The van der Waals surface area contributed by atoms with E-state index in [1.54, 1.807) is 0 Å². The lowest BCUT2D eigenvalue weighted by atomic mass is 9.82. The molecular formula is C16H30FN. The van der Waals surface area contributed by atoms with Crippen molar-refractivity contribution in [1.82, 2.24) is 5.32 Å². The van der Waals surface area contributed by atoms with Gasteiger partial charge in [-0.15, -0.1) is 0 Å². The summed E-state index contributed by atoms with van der Waals surface area (Å²) in [5.41, 5.74) is -0.952. The second kappa shape index (κ2) is 6.88. The van der Waals surface area contributed by atoms with Crippen LogP contribution in [0.3, 0.4) is 0 Å². The minimum atomic E-state index is -0.952. The number of hydrogen-bond donors (Lipinski definition) is 1. The molecular weight excluding hydrogens is 225 g/mol. The summed E-state index contributed by atoms with van der Waals surface area (Å²) in [4.78, 5) is 0. The molecule has 1 N–H and O–H groups in total. The fourth-order valence-electron chi connectivity index (χ4n) is 3.69. The highest BCUT2D eigenvalue weighted by atomic mass is 19.1. The van der Waals surface area contributed by atoms with Gasteiger partial charge < -0.3 is 5.32 Å². The third-order valence-corrected chi connectivity index (χ3v) is 4.88. The second-order valence-electron chi connectivity index (χ2n) is 6.81. The van der Waals surface area contributed by atoms with Crippen molar-refractivity contribution in [2.75, 3.05) is 6.54 Å². The smallest absolute Gasteiger partial charge is 0.109 e. The summed E-state index contributed by atoms with van der Waals surface area (Å²) >= 11 is 0. The molecule has 1 nitrogen and oxygen atoms in total. The van der Waals surface area contributed by atoms with Gasteiger partial charge in [-0.05, 0) is 51.5 Å². The Balaban J connectivity index is 1.68. The predicted molar refractivity (Wildman–Crippen MR) is 75.6 cm³/mol. The Morgan fingerprint density at radius 3 is 2.44 bits per heavy atom. The van der Waals surface area contributed by atoms with Crippen LogP contribution in [0.15, 0.2) is 0 Å². The molecule has 1 heterocycles. The number of halogens is 1. The highest BCUT2D eigenvalue weighted by molar-refractivity contribution is 4.84. The topological polar surface area (TPSA) is 12.0 Å². The summed E-state index contributed by atoms with van der Waals surface area (Å²) in [6, 6.07) is 0.431. The highest BCUT2D eigenvalue weighted by Crippen LogP contribution is 2.33. The molecule has 0 aromatic heterocycles. The highest BCUT2D eigenvalue weighted by Gasteiger charge is 2.29. The maximum absolute atomic E-state index is 14.6. The van der Waals surface area contributed by atoms with Crippen molar-refractivity contribution in [2.24, 2.45) is 5.92 Å². The first-order chi connectivity index (χ1) is 8.66. The first kappa shape index (κ1) is 14.3. The van der Waals surface area contributed by atoms with E-state index in [2.05, 4.69) is 5.32 Å². The number of nitrogens with one attached hydrogen (secondary N) is 1. The van der Waals surface area contributed by atoms with Crippen molar-refractivity contribution < 1.29 is 4.39 Å². The predicted octanol–water partition coefficient (Wildman–Crippen LogP) is 4.61. The molecule has 0 aromatic rings. The fourth-order valence-corrected chi connectivity index (χ4v) is 3.69. The summed E-state index contributed by atoms with van der Waals surface area (Å²) in [5.74, 6) is 0.813. The van der Waals surface area contributed by atoms with Gasteiger partial charge >= 0.3 is 0 Å². The summed E-state index contributed by atoms with van der Waals surface area (Å²) in [7, 11) is 0. The van der Waals surface area contributed by atoms with Crippen LogP contribution in [0.5, 0.6) is 0 Å². The molecule has 0 amide bonds. The van der Waals surface area contributed by atoms with Gasteiger partial charge in [-0.25, -0.2) is 4.39 Å². The number of hydrogen-bond acceptors (Lipinski definition) is 1. The van der Waals surface area contributed by atoms with Crippen molar-refractivity contribution >= 4 is 0 Å². The van der Waals surface area contributed by atoms with Gasteiger partial charge in [-0.2, -0.15) is 0 Å². The SMILES string of the molecule is CC(F)(CCC1CCCCC1)CC1CCCCN1. The van der Waals surface area contributed by atoms with Crippen LogP contribution in [-0.2, 0) is 0 Å². The largest absolute Gasteiger partial charge is 0.314 e. The quantitative estimate of drug-likeness (QED) is 0.756. The minimum Gasteiger partial charge on any atom is -0.314 e. The van der Waals surface area contributed by atoms with Crippen LogP contribution >= 0.6 is 0 Å². The maximum atomic E-state index is 14.6. The van der Waals surface area contributed by atoms with Gasteiger partial charge in [-0.3, -0.25) is 0 Å².